The molecule has 1 heterocycles. The van der Waals surface area contributed by atoms with Crippen LogP contribution >= 0.6 is 0 Å². The lowest BCUT2D eigenvalue weighted by atomic mass is 9.76. The monoisotopic (exact) mass is 294 g/mol. The normalized spacial score (nSPS) is 28.3. The summed E-state index contributed by atoms with van der Waals surface area (Å²) in [4.78, 5) is 25.4. The molecule has 1 aromatic carbocycles. The van der Waals surface area contributed by atoms with Gasteiger partial charge in [-0.25, -0.2) is 0 Å². The van der Waals surface area contributed by atoms with Gasteiger partial charge in [0.25, 0.3) is 0 Å². The number of allylic oxidation sites excluding steroid dienone is 2. The average molecular weight is 294 g/mol. The fourth-order valence-electron chi connectivity index (χ4n) is 3.60. The van der Waals surface area contributed by atoms with Gasteiger partial charge in [-0.2, -0.15) is 0 Å². The molecule has 112 valence electrons. The van der Waals surface area contributed by atoms with Gasteiger partial charge < -0.3 is 4.74 Å². The Balaban J connectivity index is 1.69. The zero-order valence-electron chi connectivity index (χ0n) is 12.6. The van der Waals surface area contributed by atoms with E-state index in [4.69, 9.17) is 4.74 Å². The van der Waals surface area contributed by atoms with E-state index < -0.39 is 0 Å². The molecule has 1 aromatic rings. The number of rotatable bonds is 4. The molecule has 1 aliphatic heterocycles. The lowest BCUT2D eigenvalue weighted by Crippen LogP contribution is -2.29. The molecular formula is C19H18O3. The predicted octanol–water partition coefficient (Wildman–Crippen LogP) is 3.65. The number of ether oxygens (including phenoxy) is 1. The minimum Gasteiger partial charge on any atom is -0.356 e. The predicted molar refractivity (Wildman–Crippen MR) is 83.0 cm³/mol. The van der Waals surface area contributed by atoms with E-state index in [1.54, 1.807) is 30.3 Å². The number of ketones is 2. The summed E-state index contributed by atoms with van der Waals surface area (Å²) >= 11 is 0. The quantitative estimate of drug-likeness (QED) is 0.629. The third kappa shape index (κ3) is 1.78. The Kier molecular flexibility index (Phi) is 2.95. The van der Waals surface area contributed by atoms with Crippen molar-refractivity contribution >= 4 is 11.6 Å². The van der Waals surface area contributed by atoms with Crippen molar-refractivity contribution in [1.82, 2.24) is 0 Å². The van der Waals surface area contributed by atoms with Crippen LogP contribution in [0.3, 0.4) is 0 Å². The minimum atomic E-state index is -0.337. The van der Waals surface area contributed by atoms with Crippen LogP contribution in [0.25, 0.3) is 0 Å². The first-order chi connectivity index (χ1) is 10.7. The van der Waals surface area contributed by atoms with Crippen LogP contribution < -0.4 is 0 Å². The zero-order valence-corrected chi connectivity index (χ0v) is 12.6. The second-order valence-corrected chi connectivity index (χ2v) is 6.27. The SMILES string of the molecule is CCCCCC12C=CC3=C(C(=O)c4ccccc4C3=O)C1O2. The molecule has 4 rings (SSSR count). The first-order valence-electron chi connectivity index (χ1n) is 7.97. The Bertz CT molecular complexity index is 741. The molecular weight excluding hydrogens is 276 g/mol. The smallest absolute Gasteiger partial charge is 0.194 e. The van der Waals surface area contributed by atoms with Gasteiger partial charge in [0.15, 0.2) is 11.6 Å². The Labute approximate surface area is 129 Å². The largest absolute Gasteiger partial charge is 0.356 e. The van der Waals surface area contributed by atoms with Crippen LogP contribution in [0.2, 0.25) is 0 Å². The van der Waals surface area contributed by atoms with Crippen LogP contribution in [-0.4, -0.2) is 23.3 Å². The van der Waals surface area contributed by atoms with E-state index in [0.29, 0.717) is 22.3 Å². The molecule has 2 atom stereocenters. The lowest BCUT2D eigenvalue weighted by molar-refractivity contribution is 0.0971. The lowest BCUT2D eigenvalue weighted by Gasteiger charge is -2.22. The van der Waals surface area contributed by atoms with Gasteiger partial charge in [-0.05, 0) is 12.5 Å². The third-order valence-corrected chi connectivity index (χ3v) is 4.88. The van der Waals surface area contributed by atoms with Crippen molar-refractivity contribution in [2.75, 3.05) is 0 Å². The van der Waals surface area contributed by atoms with E-state index in [-0.39, 0.29) is 23.3 Å². The van der Waals surface area contributed by atoms with Crippen molar-refractivity contribution in [3.8, 4) is 0 Å². The Hall–Kier alpha value is -2.00. The topological polar surface area (TPSA) is 46.7 Å². The van der Waals surface area contributed by atoms with E-state index >= 15 is 0 Å². The molecule has 0 amide bonds. The van der Waals surface area contributed by atoms with Crippen LogP contribution in [0, 0.1) is 0 Å². The summed E-state index contributed by atoms with van der Waals surface area (Å²) in [7, 11) is 0. The van der Waals surface area contributed by atoms with E-state index in [2.05, 4.69) is 6.92 Å². The fraction of sp³-hybridized carbons (Fsp3) is 0.368. The highest BCUT2D eigenvalue weighted by atomic mass is 16.6. The summed E-state index contributed by atoms with van der Waals surface area (Å²) in [5.74, 6) is -0.101. The molecule has 0 aromatic heterocycles. The molecule has 2 unspecified atom stereocenters. The summed E-state index contributed by atoms with van der Waals surface area (Å²) in [6, 6.07) is 7.06. The molecule has 22 heavy (non-hydrogen) atoms. The minimum absolute atomic E-state index is 0.0445. The number of unbranched alkanes of at least 4 members (excludes halogenated alkanes) is 2. The summed E-state index contributed by atoms with van der Waals surface area (Å²) in [5.41, 5.74) is 1.78. The van der Waals surface area contributed by atoms with Gasteiger partial charge >= 0.3 is 0 Å². The summed E-state index contributed by atoms with van der Waals surface area (Å²) in [5, 5.41) is 0. The molecule has 3 heteroatoms. The first-order valence-corrected chi connectivity index (χ1v) is 7.97. The van der Waals surface area contributed by atoms with Gasteiger partial charge in [0, 0.05) is 22.3 Å². The maximum absolute atomic E-state index is 12.8. The van der Waals surface area contributed by atoms with Gasteiger partial charge in [-0.15, -0.1) is 0 Å². The fourth-order valence-corrected chi connectivity index (χ4v) is 3.60. The van der Waals surface area contributed by atoms with Crippen molar-refractivity contribution in [3.63, 3.8) is 0 Å². The number of benzene rings is 1. The van der Waals surface area contributed by atoms with Gasteiger partial charge in [-0.3, -0.25) is 9.59 Å². The van der Waals surface area contributed by atoms with Crippen molar-refractivity contribution in [2.24, 2.45) is 0 Å². The van der Waals surface area contributed by atoms with Gasteiger partial charge in [0.2, 0.25) is 0 Å². The molecule has 1 fully saturated rings. The van der Waals surface area contributed by atoms with Crippen molar-refractivity contribution < 1.29 is 14.3 Å². The number of epoxide rings is 1. The number of carbonyl (C=O) groups is 2. The summed E-state index contributed by atoms with van der Waals surface area (Å²) < 4.78 is 5.90. The number of carbonyl (C=O) groups excluding carboxylic acids is 2. The maximum Gasteiger partial charge on any atom is 0.194 e. The Morgan fingerprint density at radius 2 is 1.82 bits per heavy atom. The number of fused-ring (bicyclic) bond motifs is 3. The van der Waals surface area contributed by atoms with Gasteiger partial charge in [0.1, 0.15) is 11.7 Å². The molecule has 0 radical (unpaired) electrons. The third-order valence-electron chi connectivity index (χ3n) is 4.88. The number of hydrogen-bond acceptors (Lipinski definition) is 3. The van der Waals surface area contributed by atoms with Crippen LogP contribution in [0.5, 0.6) is 0 Å². The molecule has 3 nitrogen and oxygen atoms in total. The van der Waals surface area contributed by atoms with Crippen molar-refractivity contribution in [2.45, 2.75) is 44.3 Å². The van der Waals surface area contributed by atoms with E-state index in [1.807, 2.05) is 6.08 Å². The highest BCUT2D eigenvalue weighted by Gasteiger charge is 2.60. The molecule has 3 aliphatic rings. The zero-order chi connectivity index (χ0) is 15.3. The second kappa shape index (κ2) is 4.75. The molecule has 0 N–H and O–H groups in total. The van der Waals surface area contributed by atoms with Crippen LogP contribution in [0.15, 0.2) is 47.6 Å². The summed E-state index contributed by atoms with van der Waals surface area (Å²) in [6.45, 7) is 2.17. The molecule has 0 bridgehead atoms. The highest BCUT2D eigenvalue weighted by Crippen LogP contribution is 2.52. The van der Waals surface area contributed by atoms with Gasteiger partial charge in [0.05, 0.1) is 0 Å². The summed E-state index contributed by atoms with van der Waals surface area (Å²) in [6.07, 6.45) is 7.89. The second-order valence-electron chi connectivity index (χ2n) is 6.27. The number of Topliss-reactive ketones (excluding diaryl/α,β-unsaturated/α-hetero) is 2. The Morgan fingerprint density at radius 3 is 2.55 bits per heavy atom. The van der Waals surface area contributed by atoms with E-state index in [1.165, 1.54) is 0 Å². The number of hydrogen-bond donors (Lipinski definition) is 0. The molecule has 2 aliphatic carbocycles. The van der Waals surface area contributed by atoms with E-state index in [0.717, 1.165) is 25.7 Å². The van der Waals surface area contributed by atoms with Crippen molar-refractivity contribution in [3.05, 3.63) is 58.7 Å². The van der Waals surface area contributed by atoms with E-state index in [9.17, 15) is 9.59 Å². The van der Waals surface area contributed by atoms with Gasteiger partial charge in [-0.1, -0.05) is 56.5 Å². The van der Waals surface area contributed by atoms with Crippen LogP contribution in [0.4, 0.5) is 0 Å². The average Bonchev–Trinajstić information content (AvgIpc) is 3.27. The Morgan fingerprint density at radius 1 is 1.09 bits per heavy atom. The molecule has 0 saturated carbocycles. The highest BCUT2D eigenvalue weighted by molar-refractivity contribution is 6.28. The van der Waals surface area contributed by atoms with Crippen molar-refractivity contribution in [1.29, 1.82) is 0 Å². The standard InChI is InChI=1S/C19H18O3/c1-2-3-6-10-19-11-9-14-15(18(19)22-19)17(21)13-8-5-4-7-12(13)16(14)20/h4-5,7-9,11,18H,2-3,6,10H2,1H3. The maximum atomic E-state index is 12.8. The molecule has 1 saturated heterocycles. The van der Waals surface area contributed by atoms with Crippen LogP contribution in [0.1, 0.15) is 53.3 Å². The first kappa shape index (κ1) is 13.6. The molecule has 0 spiro atoms. The van der Waals surface area contributed by atoms with Crippen LogP contribution in [-0.2, 0) is 4.74 Å².